The van der Waals surface area contributed by atoms with Gasteiger partial charge in [-0.1, -0.05) is 6.92 Å². The predicted octanol–water partition coefficient (Wildman–Crippen LogP) is 0.549. The van der Waals surface area contributed by atoms with Gasteiger partial charge in [-0.3, -0.25) is 4.90 Å². The molecule has 18 heavy (non-hydrogen) atoms. The van der Waals surface area contributed by atoms with E-state index in [-0.39, 0.29) is 5.54 Å². The Morgan fingerprint density at radius 1 is 1.44 bits per heavy atom. The first kappa shape index (κ1) is 13.4. The monoisotopic (exact) mass is 252 g/mol. The van der Waals surface area contributed by atoms with Gasteiger partial charge in [0.2, 0.25) is 0 Å². The molecule has 0 amide bonds. The van der Waals surface area contributed by atoms with Crippen molar-refractivity contribution in [3.63, 3.8) is 0 Å². The van der Waals surface area contributed by atoms with Crippen LogP contribution in [-0.2, 0) is 13.6 Å². The molecule has 1 fully saturated rings. The van der Waals surface area contributed by atoms with Crippen molar-refractivity contribution in [3.05, 3.63) is 5.82 Å². The summed E-state index contributed by atoms with van der Waals surface area (Å²) in [6.07, 6.45) is 4.85. The van der Waals surface area contributed by atoms with Crippen molar-refractivity contribution in [2.45, 2.75) is 44.7 Å². The highest BCUT2D eigenvalue weighted by molar-refractivity contribution is 4.95. The van der Waals surface area contributed by atoms with Crippen LogP contribution in [0.25, 0.3) is 0 Å². The molecule has 2 rings (SSSR count). The standard InChI is InChI=1S/C12H24N6/c1-10-4-6-12(9-13,7-5-10)17(2)8-11-14-16-18(3)15-11/h10H,4-9,13H2,1-3H3. The second kappa shape index (κ2) is 5.32. The quantitative estimate of drug-likeness (QED) is 0.847. The zero-order valence-corrected chi connectivity index (χ0v) is 11.6. The maximum Gasteiger partial charge on any atom is 0.188 e. The van der Waals surface area contributed by atoms with Gasteiger partial charge in [-0.15, -0.1) is 10.2 Å². The highest BCUT2D eigenvalue weighted by Crippen LogP contribution is 2.35. The number of aromatic nitrogens is 4. The highest BCUT2D eigenvalue weighted by atomic mass is 15.6. The van der Waals surface area contributed by atoms with Gasteiger partial charge in [-0.25, -0.2) is 0 Å². The maximum absolute atomic E-state index is 6.04. The molecule has 1 aromatic heterocycles. The Hall–Kier alpha value is -1.01. The van der Waals surface area contributed by atoms with Gasteiger partial charge in [0.05, 0.1) is 13.6 Å². The lowest BCUT2D eigenvalue weighted by atomic mass is 9.76. The summed E-state index contributed by atoms with van der Waals surface area (Å²) in [6.45, 7) is 3.75. The van der Waals surface area contributed by atoms with Gasteiger partial charge in [-0.05, 0) is 43.9 Å². The second-order valence-corrected chi connectivity index (χ2v) is 5.66. The molecule has 6 heteroatoms. The number of likely N-dealkylation sites (N-methyl/N-ethyl adjacent to an activating group) is 1. The van der Waals surface area contributed by atoms with Crippen LogP contribution < -0.4 is 5.73 Å². The molecule has 2 N–H and O–H groups in total. The van der Waals surface area contributed by atoms with Gasteiger partial charge in [0.25, 0.3) is 0 Å². The summed E-state index contributed by atoms with van der Waals surface area (Å²) in [5, 5.41) is 12.2. The van der Waals surface area contributed by atoms with E-state index in [4.69, 9.17) is 5.73 Å². The zero-order chi connectivity index (χ0) is 13.2. The molecule has 0 bridgehead atoms. The van der Waals surface area contributed by atoms with E-state index in [0.717, 1.165) is 18.3 Å². The van der Waals surface area contributed by atoms with Crippen LogP contribution in [-0.4, -0.2) is 44.2 Å². The van der Waals surface area contributed by atoms with Crippen LogP contribution in [0.5, 0.6) is 0 Å². The van der Waals surface area contributed by atoms with E-state index >= 15 is 0 Å². The van der Waals surface area contributed by atoms with Crippen molar-refractivity contribution in [2.24, 2.45) is 18.7 Å². The SMILES string of the molecule is CC1CCC(CN)(N(C)Cc2nnn(C)n2)CC1. The molecule has 0 atom stereocenters. The summed E-state index contributed by atoms with van der Waals surface area (Å²) in [5.41, 5.74) is 6.16. The van der Waals surface area contributed by atoms with Crippen LogP contribution >= 0.6 is 0 Å². The predicted molar refractivity (Wildman–Crippen MR) is 69.7 cm³/mol. The Kier molecular flexibility index (Phi) is 3.97. The third-order valence-corrected chi connectivity index (χ3v) is 4.32. The number of hydrogen-bond donors (Lipinski definition) is 1. The fraction of sp³-hybridized carbons (Fsp3) is 0.917. The number of nitrogens with two attached hydrogens (primary N) is 1. The van der Waals surface area contributed by atoms with Crippen molar-refractivity contribution in [1.82, 2.24) is 25.1 Å². The molecule has 102 valence electrons. The van der Waals surface area contributed by atoms with E-state index in [2.05, 4.69) is 34.3 Å². The van der Waals surface area contributed by atoms with Crippen LogP contribution in [0.1, 0.15) is 38.4 Å². The van der Waals surface area contributed by atoms with Gasteiger partial charge < -0.3 is 5.73 Å². The molecule has 6 nitrogen and oxygen atoms in total. The summed E-state index contributed by atoms with van der Waals surface area (Å²) < 4.78 is 0. The van der Waals surface area contributed by atoms with E-state index in [1.54, 1.807) is 7.05 Å². The molecule has 0 saturated heterocycles. The molecule has 0 unspecified atom stereocenters. The highest BCUT2D eigenvalue weighted by Gasteiger charge is 2.36. The number of nitrogens with zero attached hydrogens (tertiary/aromatic N) is 5. The lowest BCUT2D eigenvalue weighted by Crippen LogP contribution is -2.53. The van der Waals surface area contributed by atoms with Gasteiger partial charge >= 0.3 is 0 Å². The lowest BCUT2D eigenvalue weighted by Gasteiger charge is -2.45. The zero-order valence-electron chi connectivity index (χ0n) is 11.6. The molecular formula is C12H24N6. The number of tetrazole rings is 1. The number of aryl methyl sites for hydroxylation is 1. The minimum absolute atomic E-state index is 0.117. The van der Waals surface area contributed by atoms with E-state index < -0.39 is 0 Å². The lowest BCUT2D eigenvalue weighted by molar-refractivity contribution is 0.0594. The van der Waals surface area contributed by atoms with Crippen LogP contribution in [0.2, 0.25) is 0 Å². The summed E-state index contributed by atoms with van der Waals surface area (Å²) in [7, 11) is 3.91. The smallest absolute Gasteiger partial charge is 0.188 e. The van der Waals surface area contributed by atoms with E-state index in [1.165, 1.54) is 30.5 Å². The van der Waals surface area contributed by atoms with Gasteiger partial charge in [-0.2, -0.15) is 4.80 Å². The third kappa shape index (κ3) is 2.70. The molecule has 1 aliphatic rings. The van der Waals surface area contributed by atoms with Crippen LogP contribution in [0.15, 0.2) is 0 Å². The molecular weight excluding hydrogens is 228 g/mol. The summed E-state index contributed by atoms with van der Waals surface area (Å²) in [5.74, 6) is 1.60. The van der Waals surface area contributed by atoms with E-state index in [1.807, 2.05) is 0 Å². The average molecular weight is 252 g/mol. The Morgan fingerprint density at radius 3 is 2.61 bits per heavy atom. The third-order valence-electron chi connectivity index (χ3n) is 4.32. The molecule has 0 aromatic carbocycles. The minimum Gasteiger partial charge on any atom is -0.329 e. The van der Waals surface area contributed by atoms with Gasteiger partial charge in [0.15, 0.2) is 5.82 Å². The van der Waals surface area contributed by atoms with Crippen molar-refractivity contribution in [2.75, 3.05) is 13.6 Å². The van der Waals surface area contributed by atoms with Crippen LogP contribution in [0.3, 0.4) is 0 Å². The fourth-order valence-electron chi connectivity index (χ4n) is 2.81. The van der Waals surface area contributed by atoms with Crippen molar-refractivity contribution in [3.8, 4) is 0 Å². The normalized spacial score (nSPS) is 28.8. The largest absolute Gasteiger partial charge is 0.329 e. The van der Waals surface area contributed by atoms with E-state index in [0.29, 0.717) is 6.54 Å². The maximum atomic E-state index is 6.04. The van der Waals surface area contributed by atoms with Crippen LogP contribution in [0.4, 0.5) is 0 Å². The molecule has 0 spiro atoms. The van der Waals surface area contributed by atoms with Crippen molar-refractivity contribution < 1.29 is 0 Å². The minimum atomic E-state index is 0.117. The molecule has 0 radical (unpaired) electrons. The Bertz CT molecular complexity index is 380. The second-order valence-electron chi connectivity index (χ2n) is 5.66. The first-order chi connectivity index (χ1) is 8.55. The first-order valence-corrected chi connectivity index (χ1v) is 6.70. The number of rotatable bonds is 4. The van der Waals surface area contributed by atoms with Gasteiger partial charge in [0.1, 0.15) is 0 Å². The average Bonchev–Trinajstić information content (AvgIpc) is 2.76. The van der Waals surface area contributed by atoms with Crippen molar-refractivity contribution >= 4 is 0 Å². The van der Waals surface area contributed by atoms with Crippen molar-refractivity contribution in [1.29, 1.82) is 0 Å². The summed E-state index contributed by atoms with van der Waals surface area (Å²) >= 11 is 0. The Morgan fingerprint density at radius 2 is 2.11 bits per heavy atom. The fourth-order valence-corrected chi connectivity index (χ4v) is 2.81. The van der Waals surface area contributed by atoms with Crippen LogP contribution in [0, 0.1) is 5.92 Å². The molecule has 0 aliphatic heterocycles. The summed E-state index contributed by atoms with van der Waals surface area (Å²) in [4.78, 5) is 3.82. The van der Waals surface area contributed by atoms with Gasteiger partial charge in [0, 0.05) is 12.1 Å². The molecule has 1 aromatic rings. The van der Waals surface area contributed by atoms with E-state index in [9.17, 15) is 0 Å². The number of hydrogen-bond acceptors (Lipinski definition) is 5. The topological polar surface area (TPSA) is 72.9 Å². The Balaban J connectivity index is 2.03. The molecule has 1 saturated carbocycles. The summed E-state index contributed by atoms with van der Waals surface area (Å²) in [6, 6.07) is 0. The molecule has 1 aliphatic carbocycles. The first-order valence-electron chi connectivity index (χ1n) is 6.70. The Labute approximate surface area is 109 Å². The molecule has 1 heterocycles.